The fourth-order valence-corrected chi connectivity index (χ4v) is 3.78. The number of rotatable bonds is 6. The molecule has 6 heteroatoms. The van der Waals surface area contributed by atoms with Gasteiger partial charge in [-0.3, -0.25) is 0 Å². The van der Waals surface area contributed by atoms with E-state index in [1.807, 2.05) is 6.92 Å². The van der Waals surface area contributed by atoms with Gasteiger partial charge in [-0.25, -0.2) is 12.8 Å². The van der Waals surface area contributed by atoms with Crippen LogP contribution >= 0.6 is 0 Å². The van der Waals surface area contributed by atoms with Crippen LogP contribution in [0.15, 0.2) is 23.1 Å². The van der Waals surface area contributed by atoms with Crippen LogP contribution in [0.1, 0.15) is 25.3 Å². The Hall–Kier alpha value is -0.980. The third kappa shape index (κ3) is 3.02. The summed E-state index contributed by atoms with van der Waals surface area (Å²) in [7, 11) is -0.483. The Bertz CT molecular complexity index is 585. The molecule has 4 nitrogen and oxygen atoms in total. The van der Waals surface area contributed by atoms with Gasteiger partial charge in [-0.05, 0) is 50.4 Å². The lowest BCUT2D eigenvalue weighted by atomic mass is 10.2. The summed E-state index contributed by atoms with van der Waals surface area (Å²) in [6.45, 7) is 2.38. The molecule has 20 heavy (non-hydrogen) atoms. The van der Waals surface area contributed by atoms with E-state index < -0.39 is 15.8 Å². The van der Waals surface area contributed by atoms with E-state index >= 15 is 0 Å². The highest BCUT2D eigenvalue weighted by atomic mass is 32.2. The topological polar surface area (TPSA) is 49.4 Å². The molecule has 2 rings (SSSR count). The average Bonchev–Trinajstić information content (AvgIpc) is 3.21. The van der Waals surface area contributed by atoms with Crippen LogP contribution in [0.2, 0.25) is 0 Å². The first kappa shape index (κ1) is 15.4. The van der Waals surface area contributed by atoms with E-state index in [0.717, 1.165) is 18.4 Å². The second-order valence-electron chi connectivity index (χ2n) is 5.39. The maximum absolute atomic E-state index is 14.1. The van der Waals surface area contributed by atoms with Crippen molar-refractivity contribution < 1.29 is 12.8 Å². The van der Waals surface area contributed by atoms with Crippen LogP contribution in [0.25, 0.3) is 0 Å². The molecular formula is C14H21FN2O2S. The van der Waals surface area contributed by atoms with Gasteiger partial charge < -0.3 is 5.32 Å². The maximum atomic E-state index is 14.1. The first-order chi connectivity index (χ1) is 9.37. The molecule has 0 amide bonds. The largest absolute Gasteiger partial charge is 0.316 e. The number of nitrogens with zero attached hydrogens (tertiary/aromatic N) is 1. The van der Waals surface area contributed by atoms with Crippen LogP contribution in [0.5, 0.6) is 0 Å². The number of nitrogens with one attached hydrogen (secondary N) is 1. The molecule has 1 atom stereocenters. The van der Waals surface area contributed by atoms with E-state index in [0.29, 0.717) is 12.5 Å². The summed E-state index contributed by atoms with van der Waals surface area (Å²) in [5.74, 6) is -0.283. The lowest BCUT2D eigenvalue weighted by Gasteiger charge is -2.24. The van der Waals surface area contributed by atoms with Gasteiger partial charge in [0.05, 0.1) is 0 Å². The molecule has 0 spiro atoms. The van der Waals surface area contributed by atoms with Gasteiger partial charge in [0.15, 0.2) is 0 Å². The van der Waals surface area contributed by atoms with Gasteiger partial charge in [0.1, 0.15) is 10.7 Å². The van der Waals surface area contributed by atoms with Gasteiger partial charge in [-0.15, -0.1) is 0 Å². The van der Waals surface area contributed by atoms with Crippen molar-refractivity contribution in [3.8, 4) is 0 Å². The summed E-state index contributed by atoms with van der Waals surface area (Å²) in [5, 5.41) is 2.91. The number of hydrogen-bond donors (Lipinski definition) is 1. The average molecular weight is 300 g/mol. The lowest BCUT2D eigenvalue weighted by molar-refractivity contribution is 0.355. The SMILES string of the molecule is CNCc1ccc(S(=O)(=O)N(C)C(C)C2CC2)c(F)c1. The van der Waals surface area contributed by atoms with Crippen LogP contribution in [0.3, 0.4) is 0 Å². The third-order valence-corrected chi connectivity index (χ3v) is 5.89. The molecule has 1 aliphatic carbocycles. The molecule has 1 unspecified atom stereocenters. The number of sulfonamides is 1. The van der Waals surface area contributed by atoms with Crippen LogP contribution in [0.4, 0.5) is 4.39 Å². The van der Waals surface area contributed by atoms with Gasteiger partial charge >= 0.3 is 0 Å². The third-order valence-electron chi connectivity index (χ3n) is 3.91. The predicted octanol–water partition coefficient (Wildman–Crippen LogP) is 1.96. The molecule has 0 aliphatic heterocycles. The smallest absolute Gasteiger partial charge is 0.245 e. The van der Waals surface area contributed by atoms with Crippen molar-refractivity contribution in [3.05, 3.63) is 29.6 Å². The fourth-order valence-electron chi connectivity index (χ4n) is 2.32. The van der Waals surface area contributed by atoms with E-state index in [1.165, 1.54) is 23.5 Å². The fraction of sp³-hybridized carbons (Fsp3) is 0.571. The Morgan fingerprint density at radius 3 is 2.60 bits per heavy atom. The molecule has 112 valence electrons. The molecule has 1 saturated carbocycles. The molecular weight excluding hydrogens is 279 g/mol. The van der Waals surface area contributed by atoms with Gasteiger partial charge in [-0.1, -0.05) is 6.07 Å². The Morgan fingerprint density at radius 2 is 2.10 bits per heavy atom. The highest BCUT2D eigenvalue weighted by Gasteiger charge is 2.36. The Balaban J connectivity index is 2.28. The summed E-state index contributed by atoms with van der Waals surface area (Å²) in [5.41, 5.74) is 0.724. The van der Waals surface area contributed by atoms with Gasteiger partial charge in [0, 0.05) is 19.6 Å². The van der Waals surface area contributed by atoms with Crippen molar-refractivity contribution >= 4 is 10.0 Å². The molecule has 0 saturated heterocycles. The summed E-state index contributed by atoms with van der Waals surface area (Å²) in [4.78, 5) is -0.243. The minimum absolute atomic E-state index is 0.0867. The van der Waals surface area contributed by atoms with Crippen molar-refractivity contribution in [1.82, 2.24) is 9.62 Å². The molecule has 1 fully saturated rings. The Kier molecular flexibility index (Phi) is 4.46. The zero-order chi connectivity index (χ0) is 14.9. The Morgan fingerprint density at radius 1 is 1.45 bits per heavy atom. The second kappa shape index (κ2) is 5.79. The van der Waals surface area contributed by atoms with E-state index in [4.69, 9.17) is 0 Å². The van der Waals surface area contributed by atoms with Crippen LogP contribution in [0, 0.1) is 11.7 Å². The highest BCUT2D eigenvalue weighted by Crippen LogP contribution is 2.36. The van der Waals surface area contributed by atoms with Crippen molar-refractivity contribution in [2.24, 2.45) is 5.92 Å². The second-order valence-corrected chi connectivity index (χ2v) is 7.36. The summed E-state index contributed by atoms with van der Waals surface area (Å²) >= 11 is 0. The minimum Gasteiger partial charge on any atom is -0.316 e. The first-order valence-corrected chi connectivity index (χ1v) is 8.23. The van der Waals surface area contributed by atoms with Crippen LogP contribution in [-0.4, -0.2) is 32.9 Å². The van der Waals surface area contributed by atoms with Crippen LogP contribution < -0.4 is 5.32 Å². The number of halogens is 1. The van der Waals surface area contributed by atoms with Gasteiger partial charge in [-0.2, -0.15) is 4.31 Å². The molecule has 1 aromatic rings. The molecule has 0 radical (unpaired) electrons. The summed E-state index contributed by atoms with van der Waals surface area (Å²) in [6, 6.07) is 4.19. The monoisotopic (exact) mass is 300 g/mol. The molecule has 0 heterocycles. The van der Waals surface area contributed by atoms with Crippen molar-refractivity contribution in [2.75, 3.05) is 14.1 Å². The highest BCUT2D eigenvalue weighted by molar-refractivity contribution is 7.89. The maximum Gasteiger partial charge on any atom is 0.245 e. The van der Waals surface area contributed by atoms with E-state index in [9.17, 15) is 12.8 Å². The van der Waals surface area contributed by atoms with E-state index in [-0.39, 0.29) is 10.9 Å². The quantitative estimate of drug-likeness (QED) is 0.874. The number of hydrogen-bond acceptors (Lipinski definition) is 3. The number of benzene rings is 1. The van der Waals surface area contributed by atoms with E-state index in [1.54, 1.807) is 13.1 Å². The van der Waals surface area contributed by atoms with Gasteiger partial charge in [0.25, 0.3) is 0 Å². The van der Waals surface area contributed by atoms with Crippen LogP contribution in [-0.2, 0) is 16.6 Å². The first-order valence-electron chi connectivity index (χ1n) is 6.79. The van der Waals surface area contributed by atoms with Crippen molar-refractivity contribution in [1.29, 1.82) is 0 Å². The molecule has 1 N–H and O–H groups in total. The summed E-state index contributed by atoms with van der Waals surface area (Å²) in [6.07, 6.45) is 2.09. The minimum atomic E-state index is -3.77. The normalized spacial score (nSPS) is 17.4. The van der Waals surface area contributed by atoms with Crippen molar-refractivity contribution in [3.63, 3.8) is 0 Å². The van der Waals surface area contributed by atoms with Crippen molar-refractivity contribution in [2.45, 2.75) is 37.2 Å². The predicted molar refractivity (Wildman–Crippen MR) is 76.3 cm³/mol. The molecule has 0 aromatic heterocycles. The summed E-state index contributed by atoms with van der Waals surface area (Å²) < 4.78 is 40.3. The van der Waals surface area contributed by atoms with Gasteiger partial charge in [0.2, 0.25) is 10.0 Å². The van der Waals surface area contributed by atoms with E-state index in [2.05, 4.69) is 5.32 Å². The lowest BCUT2D eigenvalue weighted by Crippen LogP contribution is -2.36. The standard InChI is InChI=1S/C14H21FN2O2S/c1-10(12-5-6-12)17(3)20(18,19)14-7-4-11(9-16-2)8-13(14)15/h4,7-8,10,12,16H,5-6,9H2,1-3H3. The zero-order valence-corrected chi connectivity index (χ0v) is 12.9. The zero-order valence-electron chi connectivity index (χ0n) is 12.1. The molecule has 1 aliphatic rings. The molecule has 0 bridgehead atoms. The Labute approximate surface area is 120 Å². The molecule has 1 aromatic carbocycles.